The van der Waals surface area contributed by atoms with Crippen LogP contribution in [0.4, 0.5) is 5.95 Å². The third-order valence-electron chi connectivity index (χ3n) is 5.36. The minimum atomic E-state index is -4.14. The standard InChI is InChI=1S/C23H24N4O5S.ClH/c1-14-5-3-6-15(2)21(14)19-12-20(32-17-9-10-24-13-17)26-23(25-19)27-33(30,31)18-8-4-7-16(11-18)22(28)29;/h3-8,11-12,17,24H,9-10,13H2,1-2H3,(H,28,29)(H,25,26,27);1H/t17-;/m1./s1. The van der Waals surface area contributed by atoms with E-state index in [2.05, 4.69) is 20.0 Å². The van der Waals surface area contributed by atoms with Crippen LogP contribution in [0.25, 0.3) is 11.3 Å². The minimum absolute atomic E-state index is 0. The molecule has 11 heteroatoms. The molecule has 1 aromatic heterocycles. The highest BCUT2D eigenvalue weighted by molar-refractivity contribution is 7.92. The Hall–Kier alpha value is -3.21. The van der Waals surface area contributed by atoms with Crippen LogP contribution in [0.1, 0.15) is 27.9 Å². The quantitative estimate of drug-likeness (QED) is 0.446. The summed E-state index contributed by atoms with van der Waals surface area (Å²) in [5.74, 6) is -1.12. The molecule has 0 bridgehead atoms. The first-order valence-electron chi connectivity index (χ1n) is 10.4. The van der Waals surface area contributed by atoms with Gasteiger partial charge in [-0.25, -0.2) is 22.9 Å². The van der Waals surface area contributed by atoms with Gasteiger partial charge in [0.2, 0.25) is 11.8 Å². The second-order valence-corrected chi connectivity index (χ2v) is 9.54. The van der Waals surface area contributed by atoms with Crippen LogP contribution in [0.5, 0.6) is 5.88 Å². The van der Waals surface area contributed by atoms with E-state index in [0.29, 0.717) is 12.2 Å². The van der Waals surface area contributed by atoms with Gasteiger partial charge in [0, 0.05) is 18.2 Å². The van der Waals surface area contributed by atoms with Gasteiger partial charge in [0.15, 0.2) is 0 Å². The Morgan fingerprint density at radius 3 is 2.47 bits per heavy atom. The normalized spacial score (nSPS) is 15.4. The third-order valence-corrected chi connectivity index (χ3v) is 6.69. The van der Waals surface area contributed by atoms with Crippen LogP contribution in [-0.4, -0.2) is 48.7 Å². The first-order valence-corrected chi connectivity index (χ1v) is 11.9. The van der Waals surface area contributed by atoms with E-state index in [-0.39, 0.29) is 40.8 Å². The number of carboxylic acids is 1. The number of anilines is 1. The maximum absolute atomic E-state index is 13.0. The summed E-state index contributed by atoms with van der Waals surface area (Å²) in [6.07, 6.45) is 0.730. The third kappa shape index (κ3) is 5.64. The van der Waals surface area contributed by atoms with E-state index in [1.54, 1.807) is 6.07 Å². The molecular weight excluding hydrogens is 480 g/mol. The van der Waals surface area contributed by atoms with Crippen molar-refractivity contribution in [2.75, 3.05) is 17.8 Å². The number of nitrogens with one attached hydrogen (secondary N) is 2. The maximum atomic E-state index is 13.0. The Kier molecular flexibility index (Phi) is 7.75. The molecule has 3 aromatic rings. The lowest BCUT2D eigenvalue weighted by Gasteiger charge is -2.16. The van der Waals surface area contributed by atoms with Crippen LogP contribution >= 0.6 is 12.4 Å². The molecule has 34 heavy (non-hydrogen) atoms. The molecule has 0 unspecified atom stereocenters. The number of aromatic nitrogens is 2. The van der Waals surface area contributed by atoms with E-state index in [9.17, 15) is 18.3 Å². The lowest BCUT2D eigenvalue weighted by molar-refractivity contribution is 0.0696. The van der Waals surface area contributed by atoms with E-state index >= 15 is 0 Å². The van der Waals surface area contributed by atoms with Crippen molar-refractivity contribution in [3.05, 3.63) is 65.2 Å². The Labute approximate surface area is 204 Å². The summed E-state index contributed by atoms with van der Waals surface area (Å²) < 4.78 is 34.3. The second-order valence-electron chi connectivity index (χ2n) is 7.85. The van der Waals surface area contributed by atoms with Crippen molar-refractivity contribution >= 4 is 34.3 Å². The first-order chi connectivity index (χ1) is 15.7. The average Bonchev–Trinajstić information content (AvgIpc) is 3.26. The number of aromatic carboxylic acids is 1. The zero-order valence-corrected chi connectivity index (χ0v) is 20.2. The molecule has 1 aliphatic rings. The Bertz CT molecular complexity index is 1290. The van der Waals surface area contributed by atoms with Crippen molar-refractivity contribution in [2.24, 2.45) is 0 Å². The molecule has 2 heterocycles. The molecule has 1 fully saturated rings. The van der Waals surface area contributed by atoms with Gasteiger partial charge in [-0.3, -0.25) is 0 Å². The lowest BCUT2D eigenvalue weighted by atomic mass is 10.00. The zero-order chi connectivity index (χ0) is 23.6. The average molecular weight is 505 g/mol. The molecular formula is C23H25ClN4O5S. The molecule has 1 aliphatic heterocycles. The SMILES string of the molecule is Cc1cccc(C)c1-c1cc(O[C@@H]2CCNC2)nc(NS(=O)(=O)c2cccc(C(=O)O)c2)n1.Cl. The molecule has 4 rings (SSSR count). The zero-order valence-electron chi connectivity index (χ0n) is 18.6. The van der Waals surface area contributed by atoms with Crippen LogP contribution in [0.15, 0.2) is 53.4 Å². The highest BCUT2D eigenvalue weighted by Gasteiger charge is 2.22. The van der Waals surface area contributed by atoms with Crippen molar-refractivity contribution in [3.8, 4) is 17.1 Å². The number of carbonyl (C=O) groups is 1. The van der Waals surface area contributed by atoms with Gasteiger partial charge in [0.1, 0.15) is 6.10 Å². The lowest BCUT2D eigenvalue weighted by Crippen LogP contribution is -2.21. The molecule has 0 spiro atoms. The Morgan fingerprint density at radius 2 is 1.82 bits per heavy atom. The van der Waals surface area contributed by atoms with E-state index in [0.717, 1.165) is 35.7 Å². The summed E-state index contributed by atoms with van der Waals surface area (Å²) >= 11 is 0. The predicted molar refractivity (Wildman–Crippen MR) is 130 cm³/mol. The number of aryl methyl sites for hydroxylation is 2. The largest absolute Gasteiger partial charge is 0.478 e. The van der Waals surface area contributed by atoms with E-state index < -0.39 is 16.0 Å². The topological polar surface area (TPSA) is 131 Å². The number of hydrogen-bond donors (Lipinski definition) is 3. The Morgan fingerprint density at radius 1 is 1.12 bits per heavy atom. The van der Waals surface area contributed by atoms with Gasteiger partial charge in [0.25, 0.3) is 10.0 Å². The number of halogens is 1. The number of sulfonamides is 1. The number of ether oxygens (including phenoxy) is 1. The van der Waals surface area contributed by atoms with Crippen molar-refractivity contribution in [1.29, 1.82) is 0 Å². The maximum Gasteiger partial charge on any atom is 0.335 e. The Balaban J connectivity index is 0.00000324. The molecule has 2 aromatic carbocycles. The molecule has 0 amide bonds. The molecule has 9 nitrogen and oxygen atoms in total. The molecule has 180 valence electrons. The fourth-order valence-corrected chi connectivity index (χ4v) is 4.74. The van der Waals surface area contributed by atoms with E-state index in [4.69, 9.17) is 4.74 Å². The van der Waals surface area contributed by atoms with Gasteiger partial charge in [-0.05, 0) is 56.1 Å². The number of rotatable bonds is 7. The summed E-state index contributed by atoms with van der Waals surface area (Å²) in [5.41, 5.74) is 3.21. The van der Waals surface area contributed by atoms with Gasteiger partial charge in [-0.2, -0.15) is 4.98 Å². The van der Waals surface area contributed by atoms with Gasteiger partial charge in [-0.15, -0.1) is 12.4 Å². The summed E-state index contributed by atoms with van der Waals surface area (Å²) in [7, 11) is -4.14. The van der Waals surface area contributed by atoms with Gasteiger partial charge >= 0.3 is 5.97 Å². The number of hydrogen-bond acceptors (Lipinski definition) is 7. The van der Waals surface area contributed by atoms with Gasteiger partial charge in [-0.1, -0.05) is 24.3 Å². The number of benzene rings is 2. The number of carboxylic acid groups (broad SMARTS) is 1. The molecule has 0 aliphatic carbocycles. The summed E-state index contributed by atoms with van der Waals surface area (Å²) in [6, 6.07) is 12.6. The van der Waals surface area contributed by atoms with E-state index in [1.165, 1.54) is 18.2 Å². The fraction of sp³-hybridized carbons (Fsp3) is 0.261. The first kappa shape index (κ1) is 25.4. The fourth-order valence-electron chi connectivity index (χ4n) is 3.75. The van der Waals surface area contributed by atoms with Crippen LogP contribution in [0.2, 0.25) is 0 Å². The van der Waals surface area contributed by atoms with Crippen molar-refractivity contribution in [1.82, 2.24) is 15.3 Å². The smallest absolute Gasteiger partial charge is 0.335 e. The predicted octanol–water partition coefficient (Wildman–Crippen LogP) is 3.42. The molecule has 1 atom stereocenters. The number of nitrogens with zero attached hydrogens (tertiary/aromatic N) is 2. The van der Waals surface area contributed by atoms with Gasteiger partial charge in [0.05, 0.1) is 16.2 Å². The van der Waals surface area contributed by atoms with Crippen LogP contribution in [-0.2, 0) is 10.0 Å². The highest BCUT2D eigenvalue weighted by Crippen LogP contribution is 2.30. The molecule has 1 saturated heterocycles. The van der Waals surface area contributed by atoms with Crippen LogP contribution in [0, 0.1) is 13.8 Å². The molecule has 0 saturated carbocycles. The molecule has 3 N–H and O–H groups in total. The second kappa shape index (κ2) is 10.4. The van der Waals surface area contributed by atoms with Gasteiger partial charge < -0.3 is 15.2 Å². The monoisotopic (exact) mass is 504 g/mol. The van der Waals surface area contributed by atoms with Crippen molar-refractivity contribution in [2.45, 2.75) is 31.3 Å². The van der Waals surface area contributed by atoms with Crippen LogP contribution < -0.4 is 14.8 Å². The van der Waals surface area contributed by atoms with E-state index in [1.807, 2.05) is 32.0 Å². The van der Waals surface area contributed by atoms with Crippen LogP contribution in [0.3, 0.4) is 0 Å². The summed E-state index contributed by atoms with van der Waals surface area (Å²) in [6.45, 7) is 5.41. The van der Waals surface area contributed by atoms with Crippen molar-refractivity contribution in [3.63, 3.8) is 0 Å². The highest BCUT2D eigenvalue weighted by atomic mass is 35.5. The van der Waals surface area contributed by atoms with Crippen molar-refractivity contribution < 1.29 is 23.1 Å². The summed E-state index contributed by atoms with van der Waals surface area (Å²) in [4.78, 5) is 19.8. The molecule has 0 radical (unpaired) electrons. The summed E-state index contributed by atoms with van der Waals surface area (Å²) in [5, 5.41) is 12.4. The minimum Gasteiger partial charge on any atom is -0.478 e.